The predicted molar refractivity (Wildman–Crippen MR) is 64.4 cm³/mol. The van der Waals surface area contributed by atoms with Crippen molar-refractivity contribution in [3.8, 4) is 0 Å². The van der Waals surface area contributed by atoms with E-state index < -0.39 is 23.6 Å². The maximum Gasteiger partial charge on any atom is 0.330 e. The summed E-state index contributed by atoms with van der Waals surface area (Å²) in [5, 5.41) is 9.67. The van der Waals surface area contributed by atoms with Crippen LogP contribution < -0.4 is 11.2 Å². The molecule has 6 nitrogen and oxygen atoms in total. The Morgan fingerprint density at radius 3 is 2.83 bits per heavy atom. The zero-order chi connectivity index (χ0) is 12.6. The number of nitrogens with zero attached hydrogens (tertiary/aromatic N) is 1. The van der Waals surface area contributed by atoms with Crippen molar-refractivity contribution >= 4 is 12.6 Å². The molecular weight excluding hydrogens is 471 g/mol. The van der Waals surface area contributed by atoms with Gasteiger partial charge in [-0.05, 0) is 6.92 Å². The molecule has 0 amide bonds. The third-order valence-corrected chi connectivity index (χ3v) is 3.20. The van der Waals surface area contributed by atoms with E-state index in [-0.39, 0.29) is 50.2 Å². The quantitative estimate of drug-likeness (QED) is 0.490. The van der Waals surface area contributed by atoms with Crippen molar-refractivity contribution in [1.82, 2.24) is 9.55 Å². The minimum atomic E-state index is -0.642. The van der Waals surface area contributed by atoms with Crippen LogP contribution in [0, 0.1) is 51.0 Å². The van der Waals surface area contributed by atoms with Crippen molar-refractivity contribution < 1.29 is 53.9 Å². The van der Waals surface area contributed by atoms with Gasteiger partial charge < -0.3 is 9.84 Å². The normalized spacial score (nSPS) is 26.9. The first-order valence-electron chi connectivity index (χ1n) is 5.29. The second-order valence-corrected chi connectivity index (χ2v) is 4.46. The summed E-state index contributed by atoms with van der Waals surface area (Å²) < 4.78 is 6.79. The minimum absolute atomic E-state index is 0. The number of aliphatic hydroxyl groups excluding tert-OH is 1. The standard InChI is InChI=1S/C10H14N2O4S.Ac/c1-5-3-12(10(15)11-9(5)14)8-2-6(13)7(4-17)16-8;/h3,6-8,13,17H,2,4H2,1H3,(H,11,14,15);/t6?,7-,8?;/m1./s1. The van der Waals surface area contributed by atoms with Crippen LogP contribution in [0.1, 0.15) is 18.2 Å². The van der Waals surface area contributed by atoms with Gasteiger partial charge in [-0.15, -0.1) is 0 Å². The maximum absolute atomic E-state index is 11.6. The van der Waals surface area contributed by atoms with Gasteiger partial charge in [0.15, 0.2) is 0 Å². The molecule has 8 heteroatoms. The van der Waals surface area contributed by atoms with Crippen molar-refractivity contribution in [3.63, 3.8) is 0 Å². The first-order valence-corrected chi connectivity index (χ1v) is 5.92. The molecule has 1 aromatic heterocycles. The molecule has 0 aliphatic carbocycles. The van der Waals surface area contributed by atoms with Gasteiger partial charge in [-0.25, -0.2) is 4.79 Å². The summed E-state index contributed by atoms with van der Waals surface area (Å²) in [7, 11) is 0. The summed E-state index contributed by atoms with van der Waals surface area (Å²) in [5.74, 6) is 0.384. The molecule has 0 aromatic carbocycles. The summed E-state index contributed by atoms with van der Waals surface area (Å²) in [6, 6.07) is 0. The fourth-order valence-corrected chi connectivity index (χ4v) is 2.18. The number of hydrogen-bond donors (Lipinski definition) is 3. The summed E-state index contributed by atoms with van der Waals surface area (Å²) in [6.45, 7) is 1.61. The molecule has 1 aliphatic heterocycles. The van der Waals surface area contributed by atoms with Crippen LogP contribution in [-0.2, 0) is 4.74 Å². The van der Waals surface area contributed by atoms with Crippen molar-refractivity contribution in [2.24, 2.45) is 0 Å². The van der Waals surface area contributed by atoms with Crippen molar-refractivity contribution in [2.45, 2.75) is 31.8 Å². The molecule has 2 heterocycles. The van der Waals surface area contributed by atoms with Crippen LogP contribution in [0.25, 0.3) is 0 Å². The van der Waals surface area contributed by atoms with Gasteiger partial charge in [0.05, 0.1) is 12.2 Å². The maximum atomic E-state index is 11.6. The van der Waals surface area contributed by atoms with Gasteiger partial charge in [0.2, 0.25) is 0 Å². The van der Waals surface area contributed by atoms with Gasteiger partial charge in [0, 0.05) is 68.0 Å². The molecule has 3 atom stereocenters. The van der Waals surface area contributed by atoms with E-state index in [0.717, 1.165) is 0 Å². The summed E-state index contributed by atoms with van der Waals surface area (Å²) in [4.78, 5) is 25.0. The average molecular weight is 485 g/mol. The van der Waals surface area contributed by atoms with E-state index in [2.05, 4.69) is 17.6 Å². The number of H-pyrrole nitrogens is 1. The Labute approximate surface area is 145 Å². The fourth-order valence-electron chi connectivity index (χ4n) is 1.85. The van der Waals surface area contributed by atoms with E-state index in [1.807, 2.05) is 0 Å². The zero-order valence-electron chi connectivity index (χ0n) is 9.87. The number of aryl methyl sites for hydroxylation is 1. The molecule has 1 saturated heterocycles. The Hall–Kier alpha value is 0.392. The number of aromatic amines is 1. The van der Waals surface area contributed by atoms with Crippen LogP contribution in [0.15, 0.2) is 15.8 Å². The largest absolute Gasteiger partial charge is 0.390 e. The Balaban J connectivity index is 0.00000162. The topological polar surface area (TPSA) is 84.3 Å². The molecule has 1 fully saturated rings. The first kappa shape index (κ1) is 16.4. The third kappa shape index (κ3) is 3.28. The second-order valence-electron chi connectivity index (χ2n) is 4.09. The van der Waals surface area contributed by atoms with E-state index in [4.69, 9.17) is 4.74 Å². The molecule has 0 saturated carbocycles. The molecule has 0 spiro atoms. The van der Waals surface area contributed by atoms with Crippen LogP contribution >= 0.6 is 12.6 Å². The number of hydrogen-bond acceptors (Lipinski definition) is 5. The third-order valence-electron chi connectivity index (χ3n) is 2.84. The van der Waals surface area contributed by atoms with Gasteiger partial charge >= 0.3 is 5.69 Å². The minimum Gasteiger partial charge on any atom is -0.390 e. The van der Waals surface area contributed by atoms with Crippen LogP contribution in [0.5, 0.6) is 0 Å². The summed E-state index contributed by atoms with van der Waals surface area (Å²) >= 11 is 4.06. The number of thiol groups is 1. The van der Waals surface area contributed by atoms with Gasteiger partial charge in [0.25, 0.3) is 5.56 Å². The fraction of sp³-hybridized carbons (Fsp3) is 0.600. The Morgan fingerprint density at radius 2 is 2.28 bits per heavy atom. The van der Waals surface area contributed by atoms with Crippen molar-refractivity contribution in [3.05, 3.63) is 32.6 Å². The predicted octanol–water partition coefficient (Wildman–Crippen LogP) is -0.577. The molecule has 0 bridgehead atoms. The Bertz CT molecular complexity index is 529. The molecule has 1 radical (unpaired) electrons. The van der Waals surface area contributed by atoms with E-state index in [9.17, 15) is 14.7 Å². The van der Waals surface area contributed by atoms with Gasteiger partial charge in [0.1, 0.15) is 6.23 Å². The molecule has 2 unspecified atom stereocenters. The molecular formula is C10H14AcN2O4S. The number of aromatic nitrogens is 2. The van der Waals surface area contributed by atoms with Crippen LogP contribution in [0.2, 0.25) is 0 Å². The molecule has 2 rings (SSSR count). The van der Waals surface area contributed by atoms with Crippen LogP contribution in [0.4, 0.5) is 0 Å². The molecule has 18 heavy (non-hydrogen) atoms. The average Bonchev–Trinajstić information content (AvgIpc) is 2.65. The smallest absolute Gasteiger partial charge is 0.330 e. The van der Waals surface area contributed by atoms with Gasteiger partial charge in [-0.2, -0.15) is 12.6 Å². The van der Waals surface area contributed by atoms with Gasteiger partial charge in [-0.3, -0.25) is 14.3 Å². The van der Waals surface area contributed by atoms with E-state index in [1.54, 1.807) is 6.92 Å². The van der Waals surface area contributed by atoms with Gasteiger partial charge in [-0.1, -0.05) is 0 Å². The molecule has 1 aliphatic rings. The zero-order valence-corrected chi connectivity index (χ0v) is 15.5. The SMILES string of the molecule is Cc1cn(C2CC(O)[C@@H](CS)O2)c(=O)[nH]c1=O.[Ac]. The van der Waals surface area contributed by atoms with E-state index >= 15 is 0 Å². The monoisotopic (exact) mass is 485 g/mol. The second kappa shape index (κ2) is 6.71. The Kier molecular flexibility index (Phi) is 6.13. The first-order chi connectivity index (χ1) is 8.02. The van der Waals surface area contributed by atoms with Crippen molar-refractivity contribution in [1.29, 1.82) is 0 Å². The molecule has 1 aromatic rings. The number of aliphatic hydroxyl groups is 1. The molecule has 2 N–H and O–H groups in total. The molecule has 97 valence electrons. The number of nitrogens with one attached hydrogen (secondary N) is 1. The number of ether oxygens (including phenoxy) is 1. The summed E-state index contributed by atoms with van der Waals surface area (Å²) in [6.07, 6.45) is 0.181. The number of rotatable bonds is 2. The van der Waals surface area contributed by atoms with E-state index in [1.165, 1.54) is 10.8 Å². The van der Waals surface area contributed by atoms with Crippen molar-refractivity contribution in [2.75, 3.05) is 5.75 Å². The van der Waals surface area contributed by atoms with E-state index in [0.29, 0.717) is 17.7 Å². The van der Waals surface area contributed by atoms with Crippen LogP contribution in [0.3, 0.4) is 0 Å². The van der Waals surface area contributed by atoms with Crippen LogP contribution in [-0.4, -0.2) is 32.6 Å². The summed E-state index contributed by atoms with van der Waals surface area (Å²) in [5.41, 5.74) is -0.509. The Morgan fingerprint density at radius 1 is 1.61 bits per heavy atom.